The molecule has 0 radical (unpaired) electrons. The van der Waals surface area contributed by atoms with E-state index < -0.39 is 0 Å². The van der Waals surface area contributed by atoms with Crippen LogP contribution in [0.25, 0.3) is 11.0 Å². The Bertz CT molecular complexity index is 596. The van der Waals surface area contributed by atoms with Gasteiger partial charge in [0, 0.05) is 6.54 Å². The van der Waals surface area contributed by atoms with Gasteiger partial charge in [-0.2, -0.15) is 0 Å². The van der Waals surface area contributed by atoms with E-state index in [1.165, 1.54) is 16.6 Å². The number of hydrogen-bond donors (Lipinski definition) is 1. The van der Waals surface area contributed by atoms with Crippen LogP contribution in [0.2, 0.25) is 0 Å². The molecule has 0 spiro atoms. The Morgan fingerprint density at radius 2 is 1.85 bits per heavy atom. The topological polar surface area (TPSA) is 43.8 Å². The van der Waals surface area contributed by atoms with Crippen molar-refractivity contribution < 1.29 is 0 Å². The third kappa shape index (κ3) is 2.88. The summed E-state index contributed by atoms with van der Waals surface area (Å²) in [6.07, 6.45) is 2.07. The van der Waals surface area contributed by atoms with E-state index >= 15 is 0 Å². The van der Waals surface area contributed by atoms with Crippen LogP contribution in [0.5, 0.6) is 0 Å². The number of hydrogen-bond acceptors (Lipinski definition) is 2. The molecule has 0 fully saturated rings. The lowest BCUT2D eigenvalue weighted by Gasteiger charge is -2.14. The third-order valence-corrected chi connectivity index (χ3v) is 4.09. The van der Waals surface area contributed by atoms with Gasteiger partial charge in [-0.3, -0.25) is 0 Å². The molecular formula is C17H27N3. The van der Waals surface area contributed by atoms with E-state index in [0.29, 0.717) is 5.92 Å². The number of aromatic nitrogens is 2. The fourth-order valence-corrected chi connectivity index (χ4v) is 2.49. The van der Waals surface area contributed by atoms with Gasteiger partial charge in [-0.25, -0.2) is 4.98 Å². The third-order valence-electron chi connectivity index (χ3n) is 4.09. The lowest BCUT2D eigenvalue weighted by Crippen LogP contribution is -2.16. The Morgan fingerprint density at radius 3 is 2.45 bits per heavy atom. The maximum absolute atomic E-state index is 6.26. The summed E-state index contributed by atoms with van der Waals surface area (Å²) in [4.78, 5) is 4.80. The molecule has 0 saturated heterocycles. The summed E-state index contributed by atoms with van der Waals surface area (Å²) in [7, 11) is 0. The highest BCUT2D eigenvalue weighted by Crippen LogP contribution is 2.25. The molecule has 110 valence electrons. The van der Waals surface area contributed by atoms with E-state index in [1.807, 2.05) is 0 Å². The standard InChI is InChI=1S/C17H27N3/c1-6-14(18)17-19-15-9-12(4)13(5)10-16(15)20(17)8-7-11(2)3/h9-11,14H,6-8,18H2,1-5H3. The van der Waals surface area contributed by atoms with Crippen LogP contribution >= 0.6 is 0 Å². The van der Waals surface area contributed by atoms with Crippen molar-refractivity contribution in [3.63, 3.8) is 0 Å². The maximum Gasteiger partial charge on any atom is 0.126 e. The van der Waals surface area contributed by atoms with Crippen LogP contribution in [0.3, 0.4) is 0 Å². The summed E-state index contributed by atoms with van der Waals surface area (Å²) >= 11 is 0. The molecule has 0 saturated carbocycles. The minimum atomic E-state index is 0.0233. The first-order valence-corrected chi connectivity index (χ1v) is 7.67. The summed E-state index contributed by atoms with van der Waals surface area (Å²) < 4.78 is 2.33. The Morgan fingerprint density at radius 1 is 1.20 bits per heavy atom. The van der Waals surface area contributed by atoms with Crippen molar-refractivity contribution >= 4 is 11.0 Å². The van der Waals surface area contributed by atoms with Gasteiger partial charge in [0.25, 0.3) is 0 Å². The van der Waals surface area contributed by atoms with Crippen LogP contribution in [0.4, 0.5) is 0 Å². The van der Waals surface area contributed by atoms with Crippen LogP contribution in [-0.4, -0.2) is 9.55 Å². The molecule has 0 amide bonds. The minimum Gasteiger partial charge on any atom is -0.327 e. The zero-order chi connectivity index (χ0) is 14.9. The Balaban J connectivity index is 2.55. The molecule has 2 aromatic rings. The van der Waals surface area contributed by atoms with Crippen LogP contribution in [0.1, 0.15) is 56.6 Å². The molecular weight excluding hydrogens is 246 g/mol. The van der Waals surface area contributed by atoms with Gasteiger partial charge in [-0.05, 0) is 55.9 Å². The van der Waals surface area contributed by atoms with Gasteiger partial charge < -0.3 is 10.3 Å². The first-order chi connectivity index (χ1) is 9.43. The summed E-state index contributed by atoms with van der Waals surface area (Å²) in [6, 6.07) is 4.46. The Kier molecular flexibility index (Phi) is 4.48. The molecule has 1 atom stereocenters. The second-order valence-corrected chi connectivity index (χ2v) is 6.24. The van der Waals surface area contributed by atoms with Crippen molar-refractivity contribution in [2.24, 2.45) is 11.7 Å². The monoisotopic (exact) mass is 273 g/mol. The summed E-state index contributed by atoms with van der Waals surface area (Å²) in [5.41, 5.74) is 11.2. The highest BCUT2D eigenvalue weighted by Gasteiger charge is 2.16. The first-order valence-electron chi connectivity index (χ1n) is 7.67. The van der Waals surface area contributed by atoms with E-state index in [-0.39, 0.29) is 6.04 Å². The molecule has 0 aliphatic carbocycles. The van der Waals surface area contributed by atoms with Gasteiger partial charge in [0.1, 0.15) is 5.82 Å². The average Bonchev–Trinajstić information content (AvgIpc) is 2.74. The van der Waals surface area contributed by atoms with Crippen LogP contribution in [0, 0.1) is 19.8 Å². The fraction of sp³-hybridized carbons (Fsp3) is 0.588. The van der Waals surface area contributed by atoms with Crippen molar-refractivity contribution in [1.82, 2.24) is 9.55 Å². The molecule has 2 rings (SSSR count). The Hall–Kier alpha value is -1.35. The molecule has 0 bridgehead atoms. The van der Waals surface area contributed by atoms with E-state index in [2.05, 4.69) is 51.3 Å². The van der Waals surface area contributed by atoms with Gasteiger partial charge >= 0.3 is 0 Å². The summed E-state index contributed by atoms with van der Waals surface area (Å²) in [5, 5.41) is 0. The molecule has 0 aliphatic rings. The lowest BCUT2D eigenvalue weighted by molar-refractivity contribution is 0.496. The number of benzene rings is 1. The van der Waals surface area contributed by atoms with Crippen molar-refractivity contribution in [3.8, 4) is 0 Å². The van der Waals surface area contributed by atoms with Gasteiger partial charge in [-0.15, -0.1) is 0 Å². The zero-order valence-electron chi connectivity index (χ0n) is 13.4. The van der Waals surface area contributed by atoms with Crippen LogP contribution in [0.15, 0.2) is 12.1 Å². The molecule has 20 heavy (non-hydrogen) atoms. The van der Waals surface area contributed by atoms with Crippen molar-refractivity contribution in [1.29, 1.82) is 0 Å². The van der Waals surface area contributed by atoms with Crippen LogP contribution in [-0.2, 0) is 6.54 Å². The van der Waals surface area contributed by atoms with Gasteiger partial charge in [0.05, 0.1) is 17.1 Å². The molecule has 1 aromatic carbocycles. The van der Waals surface area contributed by atoms with Gasteiger partial charge in [0.15, 0.2) is 0 Å². The fourth-order valence-electron chi connectivity index (χ4n) is 2.49. The highest BCUT2D eigenvalue weighted by atomic mass is 15.1. The lowest BCUT2D eigenvalue weighted by atomic mass is 10.1. The SMILES string of the molecule is CCC(N)c1nc2cc(C)c(C)cc2n1CCC(C)C. The number of nitrogens with two attached hydrogens (primary N) is 1. The zero-order valence-corrected chi connectivity index (χ0v) is 13.4. The number of imidazole rings is 1. The largest absolute Gasteiger partial charge is 0.327 e. The van der Waals surface area contributed by atoms with Gasteiger partial charge in [0.2, 0.25) is 0 Å². The highest BCUT2D eigenvalue weighted by molar-refractivity contribution is 5.78. The molecule has 1 heterocycles. The number of nitrogens with zero attached hydrogens (tertiary/aromatic N) is 2. The normalized spacial score (nSPS) is 13.3. The second kappa shape index (κ2) is 5.96. The van der Waals surface area contributed by atoms with Crippen molar-refractivity contribution in [2.75, 3.05) is 0 Å². The molecule has 1 unspecified atom stereocenters. The van der Waals surface area contributed by atoms with E-state index in [4.69, 9.17) is 10.7 Å². The van der Waals surface area contributed by atoms with Crippen molar-refractivity contribution in [2.45, 2.75) is 60.0 Å². The van der Waals surface area contributed by atoms with E-state index in [0.717, 1.165) is 30.7 Å². The van der Waals surface area contributed by atoms with E-state index in [1.54, 1.807) is 0 Å². The second-order valence-electron chi connectivity index (χ2n) is 6.24. The Labute approximate surface area is 122 Å². The first kappa shape index (κ1) is 15.0. The molecule has 3 heteroatoms. The predicted molar refractivity (Wildman–Crippen MR) is 85.9 cm³/mol. The van der Waals surface area contributed by atoms with E-state index in [9.17, 15) is 0 Å². The number of aryl methyl sites for hydroxylation is 3. The summed E-state index contributed by atoms with van der Waals surface area (Å²) in [5.74, 6) is 1.72. The average molecular weight is 273 g/mol. The van der Waals surface area contributed by atoms with Crippen molar-refractivity contribution in [3.05, 3.63) is 29.1 Å². The maximum atomic E-state index is 6.26. The minimum absolute atomic E-state index is 0.0233. The number of fused-ring (bicyclic) bond motifs is 1. The molecule has 0 aliphatic heterocycles. The molecule has 3 nitrogen and oxygen atoms in total. The van der Waals surface area contributed by atoms with Gasteiger partial charge in [-0.1, -0.05) is 20.8 Å². The molecule has 1 aromatic heterocycles. The summed E-state index contributed by atoms with van der Waals surface area (Å²) in [6.45, 7) is 11.9. The smallest absolute Gasteiger partial charge is 0.126 e. The molecule has 2 N–H and O–H groups in total. The number of rotatable bonds is 5. The predicted octanol–water partition coefficient (Wildman–Crippen LogP) is 4.11. The quantitative estimate of drug-likeness (QED) is 0.891. The van der Waals surface area contributed by atoms with Crippen LogP contribution < -0.4 is 5.73 Å².